The fraction of sp³-hybridized carbons (Fsp3) is 0.773. The van der Waals surface area contributed by atoms with Gasteiger partial charge in [0.15, 0.2) is 11.5 Å². The molecular formula is C22H42N6O3Si2. The number of anilines is 1. The highest BCUT2D eigenvalue weighted by molar-refractivity contribution is 6.85. The number of ether oxygens (including phenoxy) is 1. The Bertz CT molecular complexity index is 920. The molecule has 4 N–H and O–H groups in total. The summed E-state index contributed by atoms with van der Waals surface area (Å²) in [5, 5.41) is 0. The van der Waals surface area contributed by atoms with Crippen LogP contribution in [0.25, 0.3) is 11.2 Å². The largest absolute Gasteiger partial charge is 0.423 e. The van der Waals surface area contributed by atoms with Crippen LogP contribution >= 0.6 is 0 Å². The first-order chi connectivity index (χ1) is 15.4. The van der Waals surface area contributed by atoms with Gasteiger partial charge in [0.2, 0.25) is 0 Å². The van der Waals surface area contributed by atoms with Crippen molar-refractivity contribution in [3.05, 3.63) is 12.7 Å². The third kappa shape index (κ3) is 5.03. The molecule has 3 rings (SSSR count). The predicted molar refractivity (Wildman–Crippen MR) is 136 cm³/mol. The third-order valence-corrected chi connectivity index (χ3v) is 17.2. The number of fused-ring (bicyclic) bond motifs is 1. The maximum absolute atomic E-state index is 11.6. The van der Waals surface area contributed by atoms with Crippen molar-refractivity contribution in [3.8, 4) is 0 Å². The summed E-state index contributed by atoms with van der Waals surface area (Å²) in [6.45, 7) is 17.9. The Hall–Kier alpha value is -1.38. The van der Waals surface area contributed by atoms with Gasteiger partial charge in [-0.05, 0) is 35.0 Å². The number of imidazole rings is 1. The Balaban J connectivity index is 1.75. The van der Waals surface area contributed by atoms with Gasteiger partial charge in [-0.3, -0.25) is 4.57 Å². The average Bonchev–Trinajstić information content (AvgIpc) is 3.37. The normalized spacial score (nSPS) is 20.3. The lowest BCUT2D eigenvalue weighted by Crippen LogP contribution is -2.66. The zero-order chi connectivity index (χ0) is 24.6. The monoisotopic (exact) mass is 494 g/mol. The minimum atomic E-state index is -2.91. The molecule has 0 amide bonds. The van der Waals surface area contributed by atoms with Crippen LogP contribution in [-0.4, -0.2) is 54.0 Å². The van der Waals surface area contributed by atoms with Crippen molar-refractivity contribution < 1.29 is 13.6 Å². The first kappa shape index (κ1) is 26.2. The van der Waals surface area contributed by atoms with Crippen molar-refractivity contribution in [1.29, 1.82) is 0 Å². The highest BCUT2D eigenvalue weighted by Crippen LogP contribution is 2.40. The van der Waals surface area contributed by atoms with E-state index in [0.717, 1.165) is 12.8 Å². The molecule has 2 aromatic heterocycles. The molecule has 0 saturated carbocycles. The molecule has 2 aromatic rings. The molecule has 11 heteroatoms. The number of aromatic nitrogens is 4. The molecule has 1 aliphatic heterocycles. The fourth-order valence-electron chi connectivity index (χ4n) is 4.92. The molecule has 0 radical (unpaired) electrons. The van der Waals surface area contributed by atoms with E-state index < -0.39 is 17.0 Å². The van der Waals surface area contributed by atoms with Gasteiger partial charge in [0.25, 0.3) is 8.48 Å². The minimum absolute atomic E-state index is 0.0486. The molecule has 33 heavy (non-hydrogen) atoms. The van der Waals surface area contributed by atoms with Gasteiger partial charge >= 0.3 is 8.56 Å². The number of nitrogen functional groups attached to an aromatic ring is 1. The van der Waals surface area contributed by atoms with Crippen LogP contribution < -0.4 is 10.7 Å². The van der Waals surface area contributed by atoms with Crippen molar-refractivity contribution in [2.75, 3.05) is 12.3 Å². The second kappa shape index (κ2) is 10.1. The molecule has 186 valence electrons. The van der Waals surface area contributed by atoms with Crippen LogP contribution in [-0.2, 0) is 8.85 Å². The van der Waals surface area contributed by atoms with Gasteiger partial charge in [0.1, 0.15) is 18.1 Å². The van der Waals surface area contributed by atoms with Crippen LogP contribution in [0.4, 0.5) is 5.82 Å². The number of hydrogen-bond acceptors (Lipinski definition) is 8. The second-order valence-electron chi connectivity index (χ2n) is 10.5. The van der Waals surface area contributed by atoms with Gasteiger partial charge < -0.3 is 24.4 Å². The van der Waals surface area contributed by atoms with Crippen molar-refractivity contribution in [1.82, 2.24) is 24.5 Å². The number of rotatable bonds is 10. The molecule has 2 atom stereocenters. The summed E-state index contributed by atoms with van der Waals surface area (Å²) >= 11 is 0. The van der Waals surface area contributed by atoms with Gasteiger partial charge in [-0.1, -0.05) is 55.4 Å². The summed E-state index contributed by atoms with van der Waals surface area (Å²) in [5.41, 5.74) is 8.11. The summed E-state index contributed by atoms with van der Waals surface area (Å²) in [5.74, 6) is 0.378. The van der Waals surface area contributed by atoms with Crippen molar-refractivity contribution >= 4 is 34.0 Å². The van der Waals surface area contributed by atoms with Crippen LogP contribution in [0.3, 0.4) is 0 Å². The number of nitrogens with zero attached hydrogens (tertiary/aromatic N) is 4. The van der Waals surface area contributed by atoms with Crippen molar-refractivity contribution in [2.24, 2.45) is 0 Å². The van der Waals surface area contributed by atoms with Crippen molar-refractivity contribution in [3.63, 3.8) is 0 Å². The Kier molecular flexibility index (Phi) is 8.02. The van der Waals surface area contributed by atoms with E-state index in [4.69, 9.17) is 14.6 Å². The summed E-state index contributed by atoms with van der Waals surface area (Å²) in [6.07, 6.45) is 4.90. The number of nitrogens with two attached hydrogens (primary N) is 1. The van der Waals surface area contributed by atoms with E-state index in [9.17, 15) is 4.80 Å². The van der Waals surface area contributed by atoms with Gasteiger partial charge in [-0.2, -0.15) is 0 Å². The fourth-order valence-corrected chi connectivity index (χ4v) is 15.2. The van der Waals surface area contributed by atoms with E-state index in [2.05, 4.69) is 75.3 Å². The smallest absolute Gasteiger partial charge is 0.331 e. The maximum atomic E-state index is 11.6. The van der Waals surface area contributed by atoms with Crippen LogP contribution in [0, 0.1) is 0 Å². The molecule has 0 spiro atoms. The molecule has 0 unspecified atom stereocenters. The zero-order valence-electron chi connectivity index (χ0n) is 21.4. The van der Waals surface area contributed by atoms with Crippen LogP contribution in [0.2, 0.25) is 22.2 Å². The van der Waals surface area contributed by atoms with E-state index in [-0.39, 0.29) is 23.4 Å². The summed E-state index contributed by atoms with van der Waals surface area (Å²) in [7, 11) is -5.41. The molecule has 0 aromatic carbocycles. The number of nitrogens with one attached hydrogen (secondary N) is 1. The van der Waals surface area contributed by atoms with Crippen LogP contribution in [0.1, 0.15) is 74.5 Å². The highest BCUT2D eigenvalue weighted by Gasteiger charge is 2.53. The van der Waals surface area contributed by atoms with E-state index in [1.807, 2.05) is 4.57 Å². The lowest BCUT2D eigenvalue weighted by atomic mass is 10.2. The first-order valence-electron chi connectivity index (χ1n) is 12.2. The molecule has 1 saturated heterocycles. The lowest BCUT2D eigenvalue weighted by Gasteiger charge is -2.47. The quantitative estimate of drug-likeness (QED) is 0.420. The zero-order valence-corrected chi connectivity index (χ0v) is 23.4. The van der Waals surface area contributed by atoms with E-state index in [0.29, 0.717) is 34.6 Å². The van der Waals surface area contributed by atoms with E-state index >= 15 is 0 Å². The van der Waals surface area contributed by atoms with Gasteiger partial charge in [-0.25, -0.2) is 15.0 Å². The molecule has 9 nitrogen and oxygen atoms in total. The third-order valence-electron chi connectivity index (χ3n) is 7.09. The average molecular weight is 495 g/mol. The van der Waals surface area contributed by atoms with Gasteiger partial charge in [0.05, 0.1) is 12.4 Å². The van der Waals surface area contributed by atoms with Gasteiger partial charge in [0, 0.05) is 6.54 Å². The molecule has 1 fully saturated rings. The summed E-state index contributed by atoms with van der Waals surface area (Å²) in [4.78, 5) is 28.2. The number of hydrogen-bond donors (Lipinski definition) is 3. The Morgan fingerprint density at radius 3 is 2.27 bits per heavy atom. The Morgan fingerprint density at radius 1 is 1.06 bits per heavy atom. The predicted octanol–water partition coefficient (Wildman–Crippen LogP) is 4.21. The topological polar surface area (TPSA) is 120 Å². The van der Waals surface area contributed by atoms with Gasteiger partial charge in [-0.15, -0.1) is 0 Å². The summed E-state index contributed by atoms with van der Waals surface area (Å²) in [6, 6.07) is 0. The Labute approximate surface area is 200 Å². The van der Waals surface area contributed by atoms with Crippen molar-refractivity contribution in [2.45, 2.75) is 103 Å². The highest BCUT2D eigenvalue weighted by atomic mass is 28.4. The van der Waals surface area contributed by atoms with Crippen LogP contribution in [0.15, 0.2) is 12.7 Å². The standard InChI is InChI=1S/C22H42N6O3Si2/c1-14(2)32(15(3)4,31-33(29,16(5)6)17(7)8)27-11-18-9-10-19(30-18)28-13-26-20-21(23)24-12-25-22(20)28/h12-19,27,29H,9-11H2,1-8H3,(H2,23,24,25)/t18-,19+/m0/s1. The first-order valence-corrected chi connectivity index (χ1v) is 16.3. The summed E-state index contributed by atoms with van der Waals surface area (Å²) < 4.78 is 15.3. The molecule has 0 bridgehead atoms. The maximum Gasteiger partial charge on any atom is 0.331 e. The SMILES string of the molecule is CC(C)[Si](O)(O[Si](NC[C@@H]1CC[C@H](n2cnc3c(N)ncnc32)O1)(C(C)C)C(C)C)C(C)C. The van der Waals surface area contributed by atoms with E-state index in [1.54, 1.807) is 6.33 Å². The van der Waals surface area contributed by atoms with E-state index in [1.165, 1.54) is 6.33 Å². The lowest BCUT2D eigenvalue weighted by molar-refractivity contribution is 0.00629. The molecule has 0 aliphatic carbocycles. The minimum Gasteiger partial charge on any atom is -0.423 e. The second-order valence-corrected chi connectivity index (χ2v) is 19.4. The molecule has 3 heterocycles. The van der Waals surface area contributed by atoms with Crippen LogP contribution in [0.5, 0.6) is 0 Å². The molecule has 1 aliphatic rings. The molecular weight excluding hydrogens is 452 g/mol. The Morgan fingerprint density at radius 2 is 1.70 bits per heavy atom.